The second-order valence-corrected chi connectivity index (χ2v) is 6.79. The monoisotopic (exact) mass is 289 g/mol. The molecule has 0 bridgehead atoms. The van der Waals surface area contributed by atoms with Crippen molar-refractivity contribution in [3.05, 3.63) is 0 Å². The summed E-state index contributed by atoms with van der Waals surface area (Å²) in [5.74, 6) is 0. The van der Waals surface area contributed by atoms with E-state index in [2.05, 4.69) is 10.1 Å². The topological polar surface area (TPSA) is 55.4 Å². The van der Waals surface area contributed by atoms with Gasteiger partial charge in [-0.2, -0.15) is 13.2 Å². The minimum absolute atomic E-state index is 0.0769. The molecule has 0 aromatic heterocycles. The van der Waals surface area contributed by atoms with E-state index in [4.69, 9.17) is 0 Å². The van der Waals surface area contributed by atoms with Crippen LogP contribution in [0.3, 0.4) is 0 Å². The van der Waals surface area contributed by atoms with Crippen molar-refractivity contribution in [1.82, 2.24) is 5.32 Å². The molecule has 8 heteroatoms. The largest absolute Gasteiger partial charge is 0.411 e. The summed E-state index contributed by atoms with van der Waals surface area (Å²) in [6, 6.07) is -0.172. The molecule has 0 aromatic carbocycles. The standard InChI is InChI=1S/C10H18F3NO3S/c1-18(15,16)9-4-2-3-8(9)14-5-6-17-7-10(11,12)13/h8-9,14H,2-7H2,1H3. The number of hydrogen-bond acceptors (Lipinski definition) is 4. The lowest BCUT2D eigenvalue weighted by Gasteiger charge is -2.19. The number of hydrogen-bond donors (Lipinski definition) is 1. The molecule has 0 aromatic rings. The maximum atomic E-state index is 11.8. The number of nitrogens with one attached hydrogen (secondary N) is 1. The molecule has 0 heterocycles. The molecule has 18 heavy (non-hydrogen) atoms. The Morgan fingerprint density at radius 1 is 1.33 bits per heavy atom. The van der Waals surface area contributed by atoms with E-state index < -0.39 is 27.9 Å². The third-order valence-corrected chi connectivity index (χ3v) is 4.59. The van der Waals surface area contributed by atoms with Crippen LogP contribution in [0.1, 0.15) is 19.3 Å². The fraction of sp³-hybridized carbons (Fsp3) is 1.00. The van der Waals surface area contributed by atoms with Crippen molar-refractivity contribution in [1.29, 1.82) is 0 Å². The molecule has 1 aliphatic rings. The molecular weight excluding hydrogens is 271 g/mol. The Bertz CT molecular complexity index is 356. The minimum Gasteiger partial charge on any atom is -0.371 e. The fourth-order valence-electron chi connectivity index (χ4n) is 2.18. The Morgan fingerprint density at radius 2 is 2.00 bits per heavy atom. The second-order valence-electron chi connectivity index (χ2n) is 4.53. The molecule has 0 aliphatic heterocycles. The van der Waals surface area contributed by atoms with Crippen LogP contribution >= 0.6 is 0 Å². The van der Waals surface area contributed by atoms with Gasteiger partial charge in [0.15, 0.2) is 9.84 Å². The molecule has 0 radical (unpaired) electrons. The van der Waals surface area contributed by atoms with Gasteiger partial charge in [0.2, 0.25) is 0 Å². The van der Waals surface area contributed by atoms with Crippen molar-refractivity contribution in [2.45, 2.75) is 36.7 Å². The molecule has 1 fully saturated rings. The van der Waals surface area contributed by atoms with E-state index in [-0.39, 0.29) is 19.2 Å². The van der Waals surface area contributed by atoms with Gasteiger partial charge in [-0.3, -0.25) is 0 Å². The first-order valence-electron chi connectivity index (χ1n) is 5.77. The van der Waals surface area contributed by atoms with E-state index in [9.17, 15) is 21.6 Å². The summed E-state index contributed by atoms with van der Waals surface area (Å²) < 4.78 is 62.7. The van der Waals surface area contributed by atoms with Crippen LogP contribution in [-0.2, 0) is 14.6 Å². The quantitative estimate of drug-likeness (QED) is 0.745. The van der Waals surface area contributed by atoms with Crippen LogP contribution in [0.4, 0.5) is 13.2 Å². The predicted octanol–water partition coefficient (Wildman–Crippen LogP) is 1.12. The summed E-state index contributed by atoms with van der Waals surface area (Å²) in [5, 5.41) is 2.52. The summed E-state index contributed by atoms with van der Waals surface area (Å²) in [4.78, 5) is 0. The van der Waals surface area contributed by atoms with E-state index in [1.54, 1.807) is 0 Å². The molecule has 1 rings (SSSR count). The lowest BCUT2D eigenvalue weighted by Crippen LogP contribution is -2.41. The van der Waals surface area contributed by atoms with Crippen LogP contribution in [0.25, 0.3) is 0 Å². The molecule has 4 nitrogen and oxygen atoms in total. The summed E-state index contributed by atoms with van der Waals surface area (Å²) >= 11 is 0. The third kappa shape index (κ3) is 5.53. The molecular formula is C10H18F3NO3S. The van der Waals surface area contributed by atoms with Gasteiger partial charge >= 0.3 is 6.18 Å². The van der Waals surface area contributed by atoms with Gasteiger partial charge in [0, 0.05) is 18.8 Å². The zero-order chi connectivity index (χ0) is 13.8. The molecule has 0 spiro atoms. The Labute approximate surface area is 105 Å². The fourth-order valence-corrected chi connectivity index (χ4v) is 3.60. The van der Waals surface area contributed by atoms with Crippen LogP contribution in [0.5, 0.6) is 0 Å². The Balaban J connectivity index is 2.23. The highest BCUT2D eigenvalue weighted by atomic mass is 32.2. The average molecular weight is 289 g/mol. The highest BCUT2D eigenvalue weighted by molar-refractivity contribution is 7.91. The van der Waals surface area contributed by atoms with Gasteiger partial charge in [0.05, 0.1) is 11.9 Å². The predicted molar refractivity (Wildman–Crippen MR) is 61.1 cm³/mol. The van der Waals surface area contributed by atoms with E-state index in [0.29, 0.717) is 6.42 Å². The summed E-state index contributed by atoms with van der Waals surface area (Å²) in [5.41, 5.74) is 0. The van der Waals surface area contributed by atoms with Gasteiger partial charge in [0.25, 0.3) is 0 Å². The maximum Gasteiger partial charge on any atom is 0.411 e. The summed E-state index contributed by atoms with van der Waals surface area (Å²) in [7, 11) is -3.10. The lowest BCUT2D eigenvalue weighted by atomic mass is 10.2. The average Bonchev–Trinajstić information content (AvgIpc) is 2.62. The zero-order valence-electron chi connectivity index (χ0n) is 10.2. The summed E-state index contributed by atoms with van der Waals surface area (Å²) in [6.45, 7) is -1.12. The first-order chi connectivity index (χ1) is 8.20. The first-order valence-corrected chi connectivity index (χ1v) is 7.72. The molecule has 1 aliphatic carbocycles. The molecule has 2 unspecified atom stereocenters. The van der Waals surface area contributed by atoms with Crippen molar-refractivity contribution in [2.75, 3.05) is 26.0 Å². The number of sulfone groups is 1. The zero-order valence-corrected chi connectivity index (χ0v) is 11.0. The van der Waals surface area contributed by atoms with Crippen LogP contribution in [0.15, 0.2) is 0 Å². The number of ether oxygens (including phenoxy) is 1. The first kappa shape index (κ1) is 15.7. The van der Waals surface area contributed by atoms with Crippen molar-refractivity contribution in [2.24, 2.45) is 0 Å². The third-order valence-electron chi connectivity index (χ3n) is 2.92. The van der Waals surface area contributed by atoms with Gasteiger partial charge in [0.1, 0.15) is 6.61 Å². The Morgan fingerprint density at radius 3 is 2.56 bits per heavy atom. The molecule has 1 saturated carbocycles. The van der Waals surface area contributed by atoms with Gasteiger partial charge in [-0.15, -0.1) is 0 Å². The van der Waals surface area contributed by atoms with E-state index in [1.165, 1.54) is 6.26 Å². The van der Waals surface area contributed by atoms with Gasteiger partial charge < -0.3 is 10.1 Å². The number of halogens is 3. The van der Waals surface area contributed by atoms with E-state index >= 15 is 0 Å². The smallest absolute Gasteiger partial charge is 0.371 e. The highest BCUT2D eigenvalue weighted by Crippen LogP contribution is 2.24. The number of alkyl halides is 3. The molecule has 2 atom stereocenters. The Kier molecular flexibility index (Phi) is 5.42. The molecule has 1 N–H and O–H groups in total. The maximum absolute atomic E-state index is 11.8. The van der Waals surface area contributed by atoms with Gasteiger partial charge in [-0.05, 0) is 12.8 Å². The van der Waals surface area contributed by atoms with Crippen molar-refractivity contribution in [3.63, 3.8) is 0 Å². The van der Waals surface area contributed by atoms with Crippen molar-refractivity contribution >= 4 is 9.84 Å². The van der Waals surface area contributed by atoms with E-state index in [1.807, 2.05) is 0 Å². The minimum atomic E-state index is -4.32. The second kappa shape index (κ2) is 6.21. The van der Waals surface area contributed by atoms with Crippen LogP contribution in [0.2, 0.25) is 0 Å². The molecule has 0 saturated heterocycles. The van der Waals surface area contributed by atoms with Crippen molar-refractivity contribution in [3.8, 4) is 0 Å². The van der Waals surface area contributed by atoms with Crippen LogP contribution < -0.4 is 5.32 Å². The highest BCUT2D eigenvalue weighted by Gasteiger charge is 2.34. The van der Waals surface area contributed by atoms with Gasteiger partial charge in [-0.25, -0.2) is 8.42 Å². The van der Waals surface area contributed by atoms with Crippen LogP contribution in [-0.4, -0.2) is 51.9 Å². The lowest BCUT2D eigenvalue weighted by molar-refractivity contribution is -0.173. The molecule has 0 amide bonds. The Hall–Kier alpha value is -0.340. The normalized spacial score (nSPS) is 25.6. The number of rotatable bonds is 6. The van der Waals surface area contributed by atoms with Crippen LogP contribution in [0, 0.1) is 0 Å². The van der Waals surface area contributed by atoms with Crippen molar-refractivity contribution < 1.29 is 26.3 Å². The van der Waals surface area contributed by atoms with E-state index in [0.717, 1.165) is 12.8 Å². The molecule has 108 valence electrons. The van der Waals surface area contributed by atoms with Gasteiger partial charge in [-0.1, -0.05) is 6.42 Å². The SMILES string of the molecule is CS(=O)(=O)C1CCCC1NCCOCC(F)(F)F. The summed E-state index contributed by atoms with van der Waals surface area (Å²) in [6.07, 6.45) is -0.962.